The SMILES string of the molecule is CCCn1ncc(OC)c1C(NC)c1cn(C)nc1C. The molecule has 1 unspecified atom stereocenters. The summed E-state index contributed by atoms with van der Waals surface area (Å²) in [6.45, 7) is 5.03. The first-order valence-corrected chi connectivity index (χ1v) is 6.89. The predicted octanol–water partition coefficient (Wildman–Crippen LogP) is 1.65. The van der Waals surface area contributed by atoms with Gasteiger partial charge in [0.15, 0.2) is 5.75 Å². The van der Waals surface area contributed by atoms with E-state index in [1.807, 2.05) is 36.6 Å². The van der Waals surface area contributed by atoms with Crippen molar-refractivity contribution in [3.05, 3.63) is 29.3 Å². The van der Waals surface area contributed by atoms with Crippen LogP contribution in [0.5, 0.6) is 5.75 Å². The molecule has 2 heterocycles. The summed E-state index contributed by atoms with van der Waals surface area (Å²) in [5.74, 6) is 0.807. The third kappa shape index (κ3) is 2.56. The summed E-state index contributed by atoms with van der Waals surface area (Å²) in [6.07, 6.45) is 4.85. The molecule has 0 radical (unpaired) electrons. The summed E-state index contributed by atoms with van der Waals surface area (Å²) >= 11 is 0. The highest BCUT2D eigenvalue weighted by Crippen LogP contribution is 2.31. The van der Waals surface area contributed by atoms with Crippen molar-refractivity contribution in [3.8, 4) is 5.75 Å². The van der Waals surface area contributed by atoms with Crippen molar-refractivity contribution >= 4 is 0 Å². The van der Waals surface area contributed by atoms with Crippen LogP contribution in [0.4, 0.5) is 0 Å². The number of methoxy groups -OCH3 is 1. The van der Waals surface area contributed by atoms with Crippen LogP contribution in [0.3, 0.4) is 0 Å². The van der Waals surface area contributed by atoms with Gasteiger partial charge in [-0.25, -0.2) is 0 Å². The Kier molecular flexibility index (Phi) is 4.44. The molecule has 6 heteroatoms. The van der Waals surface area contributed by atoms with E-state index in [1.165, 1.54) is 0 Å². The van der Waals surface area contributed by atoms with Gasteiger partial charge in [0.2, 0.25) is 0 Å². The lowest BCUT2D eigenvalue weighted by atomic mass is 10.0. The zero-order chi connectivity index (χ0) is 14.7. The van der Waals surface area contributed by atoms with E-state index in [4.69, 9.17) is 4.74 Å². The van der Waals surface area contributed by atoms with Gasteiger partial charge in [-0.2, -0.15) is 10.2 Å². The van der Waals surface area contributed by atoms with Gasteiger partial charge in [-0.1, -0.05) is 6.92 Å². The normalized spacial score (nSPS) is 12.7. The van der Waals surface area contributed by atoms with E-state index in [0.29, 0.717) is 0 Å². The van der Waals surface area contributed by atoms with Crippen LogP contribution in [0.1, 0.15) is 36.3 Å². The number of hydrogen-bond donors (Lipinski definition) is 1. The Bertz CT molecular complexity index is 572. The van der Waals surface area contributed by atoms with Crippen LogP contribution in [0.15, 0.2) is 12.4 Å². The zero-order valence-corrected chi connectivity index (χ0v) is 12.8. The van der Waals surface area contributed by atoms with E-state index in [-0.39, 0.29) is 6.04 Å². The quantitative estimate of drug-likeness (QED) is 0.872. The van der Waals surface area contributed by atoms with E-state index in [2.05, 4.69) is 22.4 Å². The average Bonchev–Trinajstić information content (AvgIpc) is 2.96. The van der Waals surface area contributed by atoms with Crippen molar-refractivity contribution in [2.24, 2.45) is 7.05 Å². The van der Waals surface area contributed by atoms with Crippen LogP contribution in [-0.4, -0.2) is 33.7 Å². The van der Waals surface area contributed by atoms with Gasteiger partial charge in [-0.05, 0) is 20.4 Å². The number of ether oxygens (including phenoxy) is 1. The number of nitrogens with zero attached hydrogens (tertiary/aromatic N) is 4. The zero-order valence-electron chi connectivity index (χ0n) is 12.8. The van der Waals surface area contributed by atoms with E-state index in [0.717, 1.165) is 35.7 Å². The van der Waals surface area contributed by atoms with E-state index in [9.17, 15) is 0 Å². The van der Waals surface area contributed by atoms with E-state index < -0.39 is 0 Å². The molecular weight excluding hydrogens is 254 g/mol. The minimum absolute atomic E-state index is 0.0210. The highest BCUT2D eigenvalue weighted by Gasteiger charge is 2.24. The minimum Gasteiger partial charge on any atom is -0.493 e. The van der Waals surface area contributed by atoms with Gasteiger partial charge in [-0.3, -0.25) is 9.36 Å². The van der Waals surface area contributed by atoms with Crippen molar-refractivity contribution in [2.45, 2.75) is 32.9 Å². The third-order valence-corrected chi connectivity index (χ3v) is 3.42. The van der Waals surface area contributed by atoms with Crippen molar-refractivity contribution in [1.82, 2.24) is 24.9 Å². The van der Waals surface area contributed by atoms with Gasteiger partial charge in [0, 0.05) is 25.4 Å². The first-order chi connectivity index (χ1) is 9.62. The smallest absolute Gasteiger partial charge is 0.161 e. The van der Waals surface area contributed by atoms with Crippen LogP contribution in [0.2, 0.25) is 0 Å². The molecule has 0 aliphatic carbocycles. The van der Waals surface area contributed by atoms with Gasteiger partial charge >= 0.3 is 0 Å². The van der Waals surface area contributed by atoms with Crippen LogP contribution in [0, 0.1) is 6.92 Å². The Morgan fingerprint density at radius 2 is 2.20 bits per heavy atom. The largest absolute Gasteiger partial charge is 0.493 e. The maximum Gasteiger partial charge on any atom is 0.161 e. The number of aryl methyl sites for hydroxylation is 3. The fraction of sp³-hybridized carbons (Fsp3) is 0.571. The second-order valence-corrected chi connectivity index (χ2v) is 4.89. The third-order valence-electron chi connectivity index (χ3n) is 3.42. The number of nitrogens with one attached hydrogen (secondary N) is 1. The number of aromatic nitrogens is 4. The molecule has 0 amide bonds. The van der Waals surface area contributed by atoms with Crippen LogP contribution in [0.25, 0.3) is 0 Å². The molecule has 2 aromatic rings. The Morgan fingerprint density at radius 3 is 2.70 bits per heavy atom. The lowest BCUT2D eigenvalue weighted by Crippen LogP contribution is -2.22. The first kappa shape index (κ1) is 14.6. The molecular formula is C14H23N5O. The standard InChI is InChI=1S/C14H23N5O/c1-6-7-19-14(12(20-5)8-16-19)13(15-3)11-9-18(4)17-10(11)2/h8-9,13,15H,6-7H2,1-5H3. The molecule has 0 saturated heterocycles. The Balaban J connectivity index is 2.50. The summed E-state index contributed by atoms with van der Waals surface area (Å²) in [5.41, 5.74) is 3.21. The summed E-state index contributed by atoms with van der Waals surface area (Å²) in [5, 5.41) is 12.2. The lowest BCUT2D eigenvalue weighted by molar-refractivity contribution is 0.400. The maximum absolute atomic E-state index is 5.47. The van der Waals surface area contributed by atoms with Crippen LogP contribution >= 0.6 is 0 Å². The van der Waals surface area contributed by atoms with Crippen LogP contribution < -0.4 is 10.1 Å². The Hall–Kier alpha value is -1.82. The molecule has 20 heavy (non-hydrogen) atoms. The predicted molar refractivity (Wildman–Crippen MR) is 77.9 cm³/mol. The molecule has 1 N–H and O–H groups in total. The molecule has 0 aliphatic heterocycles. The van der Waals surface area contributed by atoms with Gasteiger partial charge in [0.25, 0.3) is 0 Å². The maximum atomic E-state index is 5.47. The average molecular weight is 277 g/mol. The second-order valence-electron chi connectivity index (χ2n) is 4.89. The summed E-state index contributed by atoms with van der Waals surface area (Å²) in [4.78, 5) is 0. The molecule has 0 aliphatic rings. The Morgan fingerprint density at radius 1 is 1.45 bits per heavy atom. The summed E-state index contributed by atoms with van der Waals surface area (Å²) in [6, 6.07) is 0.0210. The molecule has 2 rings (SSSR count). The Labute approximate surface area is 119 Å². The highest BCUT2D eigenvalue weighted by molar-refractivity contribution is 5.37. The molecule has 2 aromatic heterocycles. The fourth-order valence-electron chi connectivity index (χ4n) is 2.56. The van der Waals surface area contributed by atoms with Crippen molar-refractivity contribution in [3.63, 3.8) is 0 Å². The van der Waals surface area contributed by atoms with Crippen molar-refractivity contribution in [1.29, 1.82) is 0 Å². The number of hydrogen-bond acceptors (Lipinski definition) is 4. The van der Waals surface area contributed by atoms with Gasteiger partial charge in [0.05, 0.1) is 25.0 Å². The number of rotatable bonds is 6. The van der Waals surface area contributed by atoms with E-state index in [1.54, 1.807) is 13.3 Å². The lowest BCUT2D eigenvalue weighted by Gasteiger charge is -2.19. The molecule has 6 nitrogen and oxygen atoms in total. The summed E-state index contributed by atoms with van der Waals surface area (Å²) in [7, 11) is 5.56. The minimum atomic E-state index is 0.0210. The molecule has 110 valence electrons. The van der Waals surface area contributed by atoms with Crippen LogP contribution in [-0.2, 0) is 13.6 Å². The molecule has 0 aromatic carbocycles. The van der Waals surface area contributed by atoms with Gasteiger partial charge < -0.3 is 10.1 Å². The van der Waals surface area contributed by atoms with Crippen molar-refractivity contribution < 1.29 is 4.74 Å². The topological polar surface area (TPSA) is 56.9 Å². The van der Waals surface area contributed by atoms with E-state index >= 15 is 0 Å². The van der Waals surface area contributed by atoms with Gasteiger partial charge in [-0.15, -0.1) is 0 Å². The van der Waals surface area contributed by atoms with Gasteiger partial charge in [0.1, 0.15) is 5.69 Å². The monoisotopic (exact) mass is 277 g/mol. The molecule has 0 fully saturated rings. The fourth-order valence-corrected chi connectivity index (χ4v) is 2.56. The second kappa shape index (κ2) is 6.09. The molecule has 0 saturated carbocycles. The summed E-state index contributed by atoms with van der Waals surface area (Å²) < 4.78 is 9.31. The van der Waals surface area contributed by atoms with Crippen molar-refractivity contribution in [2.75, 3.05) is 14.2 Å². The highest BCUT2D eigenvalue weighted by atomic mass is 16.5. The first-order valence-electron chi connectivity index (χ1n) is 6.89. The molecule has 0 spiro atoms. The molecule has 0 bridgehead atoms. The molecule has 1 atom stereocenters.